The molecule has 3 aromatic heterocycles. The number of rotatable bonds is 6. The molecule has 6 aromatic carbocycles. The summed E-state index contributed by atoms with van der Waals surface area (Å²) in [5, 5.41) is 3.12. The van der Waals surface area contributed by atoms with Gasteiger partial charge in [0.1, 0.15) is 11.2 Å². The van der Waals surface area contributed by atoms with Crippen molar-refractivity contribution in [3.05, 3.63) is 170 Å². The van der Waals surface area contributed by atoms with Gasteiger partial charge < -0.3 is 4.42 Å². The maximum atomic E-state index is 6.16. The fraction of sp³-hybridized carbons (Fsp3) is 0. The van der Waals surface area contributed by atoms with Crippen LogP contribution in [0, 0.1) is 0 Å². The minimum absolute atomic E-state index is 0.566. The molecule has 0 aliphatic carbocycles. The molecule has 48 heavy (non-hydrogen) atoms. The fourth-order valence-electron chi connectivity index (χ4n) is 6.50. The number of fused-ring (bicyclic) bond motifs is 4. The van der Waals surface area contributed by atoms with Gasteiger partial charge in [-0.3, -0.25) is 9.88 Å². The van der Waals surface area contributed by atoms with Crippen molar-refractivity contribution in [2.75, 3.05) is 4.90 Å². The molecular weight excluding hydrogens is 589 g/mol. The average molecular weight is 617 g/mol. The molecule has 0 unspecified atom stereocenters. The topological polar surface area (TPSA) is 55.1 Å². The van der Waals surface area contributed by atoms with Crippen LogP contribution < -0.4 is 4.90 Å². The lowest BCUT2D eigenvalue weighted by Crippen LogP contribution is -2.15. The molecule has 5 heteroatoms. The second kappa shape index (κ2) is 11.6. The average Bonchev–Trinajstić information content (AvgIpc) is 3.54. The standard InChI is InChI=1S/C43H28N4O/c1-3-11-29(12-4-1)31-19-21-39(36(27-31)30-13-5-2-6-14-30)47(33-23-25-44-26-24-33)43-45-38-17-9-7-16-35(38)42(46-43)32-20-22-41-37(28-32)34-15-8-10-18-40(34)48-41/h1-28H. The van der Waals surface area contributed by atoms with Crippen molar-refractivity contribution in [1.82, 2.24) is 15.0 Å². The summed E-state index contributed by atoms with van der Waals surface area (Å²) in [6.45, 7) is 0. The van der Waals surface area contributed by atoms with Crippen molar-refractivity contribution in [3.8, 4) is 33.5 Å². The van der Waals surface area contributed by atoms with Crippen molar-refractivity contribution in [2.24, 2.45) is 0 Å². The predicted molar refractivity (Wildman–Crippen MR) is 196 cm³/mol. The van der Waals surface area contributed by atoms with Crippen LogP contribution in [-0.4, -0.2) is 15.0 Å². The van der Waals surface area contributed by atoms with E-state index in [-0.39, 0.29) is 0 Å². The lowest BCUT2D eigenvalue weighted by molar-refractivity contribution is 0.669. The molecule has 0 saturated heterocycles. The van der Waals surface area contributed by atoms with E-state index in [4.69, 9.17) is 14.4 Å². The van der Waals surface area contributed by atoms with E-state index in [1.807, 2.05) is 73.1 Å². The summed E-state index contributed by atoms with van der Waals surface area (Å²) in [7, 11) is 0. The number of aromatic nitrogens is 3. The Morgan fingerprint density at radius 3 is 1.94 bits per heavy atom. The van der Waals surface area contributed by atoms with Crippen LogP contribution >= 0.6 is 0 Å². The molecule has 9 rings (SSSR count). The van der Waals surface area contributed by atoms with Crippen molar-refractivity contribution in [2.45, 2.75) is 0 Å². The highest BCUT2D eigenvalue weighted by Gasteiger charge is 2.23. The maximum Gasteiger partial charge on any atom is 0.235 e. The van der Waals surface area contributed by atoms with Gasteiger partial charge in [0, 0.05) is 39.7 Å². The second-order valence-electron chi connectivity index (χ2n) is 11.7. The fourth-order valence-corrected chi connectivity index (χ4v) is 6.50. The third kappa shape index (κ3) is 4.86. The molecule has 0 saturated carbocycles. The summed E-state index contributed by atoms with van der Waals surface area (Å²) in [5.74, 6) is 0.566. The first kappa shape index (κ1) is 27.7. The Morgan fingerprint density at radius 1 is 0.458 bits per heavy atom. The summed E-state index contributed by atoms with van der Waals surface area (Å²) in [6, 6.07) is 54.2. The van der Waals surface area contributed by atoms with Crippen LogP contribution in [0.3, 0.4) is 0 Å². The smallest absolute Gasteiger partial charge is 0.235 e. The Labute approximate surface area is 277 Å². The number of pyridine rings is 1. The van der Waals surface area contributed by atoms with E-state index in [0.29, 0.717) is 5.95 Å². The number of furan rings is 1. The molecule has 0 aliphatic rings. The van der Waals surface area contributed by atoms with E-state index >= 15 is 0 Å². The zero-order valence-electron chi connectivity index (χ0n) is 25.9. The van der Waals surface area contributed by atoms with Gasteiger partial charge in [-0.2, -0.15) is 0 Å². The highest BCUT2D eigenvalue weighted by Crippen LogP contribution is 2.43. The van der Waals surface area contributed by atoms with Crippen molar-refractivity contribution in [1.29, 1.82) is 0 Å². The minimum atomic E-state index is 0.566. The molecule has 0 aliphatic heterocycles. The third-order valence-electron chi connectivity index (χ3n) is 8.79. The molecule has 5 nitrogen and oxygen atoms in total. The quantitative estimate of drug-likeness (QED) is 0.186. The number of nitrogens with zero attached hydrogens (tertiary/aromatic N) is 4. The molecule has 0 bridgehead atoms. The summed E-state index contributed by atoms with van der Waals surface area (Å²) in [4.78, 5) is 17.1. The molecule has 3 heterocycles. The van der Waals surface area contributed by atoms with E-state index in [9.17, 15) is 0 Å². The van der Waals surface area contributed by atoms with E-state index in [1.54, 1.807) is 0 Å². The third-order valence-corrected chi connectivity index (χ3v) is 8.79. The van der Waals surface area contributed by atoms with Gasteiger partial charge in [0.25, 0.3) is 0 Å². The van der Waals surface area contributed by atoms with Crippen LogP contribution in [0.15, 0.2) is 175 Å². The summed E-state index contributed by atoms with van der Waals surface area (Å²) >= 11 is 0. The van der Waals surface area contributed by atoms with Crippen molar-refractivity contribution in [3.63, 3.8) is 0 Å². The Kier molecular flexibility index (Phi) is 6.72. The molecule has 0 N–H and O–H groups in total. The van der Waals surface area contributed by atoms with Gasteiger partial charge in [0.2, 0.25) is 5.95 Å². The van der Waals surface area contributed by atoms with Crippen LogP contribution in [-0.2, 0) is 0 Å². The molecule has 0 radical (unpaired) electrons. The Bertz CT molecular complexity index is 2560. The lowest BCUT2D eigenvalue weighted by Gasteiger charge is -2.27. The molecule has 0 spiro atoms. The SMILES string of the molecule is c1ccc(-c2ccc(N(c3ccncc3)c3nc(-c4ccc5oc6ccccc6c5c4)c4ccccc4n3)c(-c3ccccc3)c2)cc1. The van der Waals surface area contributed by atoms with Crippen LogP contribution in [0.1, 0.15) is 0 Å². The number of anilines is 3. The molecular formula is C43H28N4O. The monoisotopic (exact) mass is 616 g/mol. The first-order chi connectivity index (χ1) is 23.8. The van der Waals surface area contributed by atoms with Crippen molar-refractivity contribution >= 4 is 50.2 Å². The van der Waals surface area contributed by atoms with E-state index in [1.165, 1.54) is 0 Å². The Hall–Kier alpha value is -6.59. The van der Waals surface area contributed by atoms with Gasteiger partial charge in [0.05, 0.1) is 22.6 Å². The van der Waals surface area contributed by atoms with Gasteiger partial charge in [-0.15, -0.1) is 0 Å². The summed E-state index contributed by atoms with van der Waals surface area (Å²) in [5.41, 5.74) is 10.7. The number of para-hydroxylation sites is 2. The van der Waals surface area contributed by atoms with E-state index < -0.39 is 0 Å². The normalized spacial score (nSPS) is 11.3. The Morgan fingerprint density at radius 2 is 1.12 bits per heavy atom. The number of hydrogen-bond acceptors (Lipinski definition) is 5. The zero-order chi connectivity index (χ0) is 31.9. The van der Waals surface area contributed by atoms with E-state index in [0.717, 1.165) is 77.7 Å². The first-order valence-corrected chi connectivity index (χ1v) is 15.9. The summed E-state index contributed by atoms with van der Waals surface area (Å²) < 4.78 is 6.16. The van der Waals surface area contributed by atoms with Crippen LogP contribution in [0.25, 0.3) is 66.4 Å². The van der Waals surface area contributed by atoms with Crippen LogP contribution in [0.5, 0.6) is 0 Å². The Balaban J connectivity index is 1.30. The maximum absolute atomic E-state index is 6.16. The molecule has 0 fully saturated rings. The lowest BCUT2D eigenvalue weighted by atomic mass is 9.96. The molecule has 9 aromatic rings. The van der Waals surface area contributed by atoms with Crippen molar-refractivity contribution < 1.29 is 4.42 Å². The predicted octanol–water partition coefficient (Wildman–Crippen LogP) is 11.4. The molecule has 0 atom stereocenters. The largest absolute Gasteiger partial charge is 0.456 e. The highest BCUT2D eigenvalue weighted by molar-refractivity contribution is 6.07. The van der Waals surface area contributed by atoms with Gasteiger partial charge >= 0.3 is 0 Å². The molecule has 0 amide bonds. The van der Waals surface area contributed by atoms with Crippen LogP contribution in [0.4, 0.5) is 17.3 Å². The highest BCUT2D eigenvalue weighted by atomic mass is 16.3. The second-order valence-corrected chi connectivity index (χ2v) is 11.7. The van der Waals surface area contributed by atoms with Crippen LogP contribution in [0.2, 0.25) is 0 Å². The van der Waals surface area contributed by atoms with E-state index in [2.05, 4.69) is 107 Å². The first-order valence-electron chi connectivity index (χ1n) is 15.9. The van der Waals surface area contributed by atoms with Gasteiger partial charge in [-0.25, -0.2) is 9.97 Å². The number of benzene rings is 6. The van der Waals surface area contributed by atoms with Gasteiger partial charge in [-0.1, -0.05) is 103 Å². The summed E-state index contributed by atoms with van der Waals surface area (Å²) in [6.07, 6.45) is 3.62. The number of hydrogen-bond donors (Lipinski definition) is 0. The minimum Gasteiger partial charge on any atom is -0.456 e. The molecule has 226 valence electrons. The van der Waals surface area contributed by atoms with Gasteiger partial charge in [0.15, 0.2) is 0 Å². The zero-order valence-corrected chi connectivity index (χ0v) is 25.9. The van der Waals surface area contributed by atoms with Gasteiger partial charge in [-0.05, 0) is 71.3 Å².